The highest BCUT2D eigenvalue weighted by atomic mass is 16.2. The number of carbonyl (C=O) groups is 2. The first-order valence-corrected chi connectivity index (χ1v) is 4.80. The number of imide groups is 1. The van der Waals surface area contributed by atoms with Gasteiger partial charge in [0.1, 0.15) is 5.54 Å². The normalized spacial score (nSPS) is 38.1. The topological polar surface area (TPSA) is 58.2 Å². The fraction of sp³-hybridized carbons (Fsp3) is 0.778. The summed E-state index contributed by atoms with van der Waals surface area (Å²) in [6.45, 7) is 2.12. The van der Waals surface area contributed by atoms with Crippen molar-refractivity contribution in [2.75, 3.05) is 0 Å². The van der Waals surface area contributed by atoms with Gasteiger partial charge in [-0.2, -0.15) is 0 Å². The molecule has 13 heavy (non-hydrogen) atoms. The minimum Gasteiger partial charge on any atom is -0.323 e. The molecule has 2 N–H and O–H groups in total. The molecule has 1 aliphatic carbocycles. The van der Waals surface area contributed by atoms with Crippen LogP contribution < -0.4 is 10.6 Å². The van der Waals surface area contributed by atoms with Crippen LogP contribution in [0.15, 0.2) is 0 Å². The molecule has 0 bridgehead atoms. The molecule has 1 aliphatic heterocycles. The monoisotopic (exact) mass is 182 g/mol. The van der Waals surface area contributed by atoms with E-state index in [1.54, 1.807) is 0 Å². The number of nitrogens with one attached hydrogen (secondary N) is 2. The highest BCUT2D eigenvalue weighted by molar-refractivity contribution is 6.07. The smallest absolute Gasteiger partial charge is 0.322 e. The van der Waals surface area contributed by atoms with Crippen LogP contribution >= 0.6 is 0 Å². The van der Waals surface area contributed by atoms with Gasteiger partial charge in [-0.3, -0.25) is 10.1 Å². The Morgan fingerprint density at radius 3 is 2.77 bits per heavy atom. The molecule has 1 saturated carbocycles. The van der Waals surface area contributed by atoms with Crippen LogP contribution in [0.3, 0.4) is 0 Å². The fourth-order valence-corrected chi connectivity index (χ4v) is 2.34. The van der Waals surface area contributed by atoms with E-state index in [2.05, 4.69) is 17.6 Å². The van der Waals surface area contributed by atoms with Crippen molar-refractivity contribution in [1.82, 2.24) is 10.6 Å². The van der Waals surface area contributed by atoms with Gasteiger partial charge in [-0.1, -0.05) is 13.3 Å². The van der Waals surface area contributed by atoms with Gasteiger partial charge in [0, 0.05) is 0 Å². The maximum atomic E-state index is 11.5. The van der Waals surface area contributed by atoms with E-state index in [4.69, 9.17) is 0 Å². The molecule has 3 amide bonds. The van der Waals surface area contributed by atoms with E-state index in [1.807, 2.05) is 0 Å². The number of amides is 3. The first-order chi connectivity index (χ1) is 6.16. The maximum absolute atomic E-state index is 11.5. The summed E-state index contributed by atoms with van der Waals surface area (Å²) < 4.78 is 0. The summed E-state index contributed by atoms with van der Waals surface area (Å²) in [4.78, 5) is 22.4. The third kappa shape index (κ3) is 1.20. The second kappa shape index (κ2) is 2.72. The SMILES string of the molecule is CCC1CCC2(C1)NC(=O)NC2=O. The van der Waals surface area contributed by atoms with Crippen molar-refractivity contribution in [2.45, 2.75) is 38.1 Å². The van der Waals surface area contributed by atoms with Gasteiger partial charge in [0.25, 0.3) is 5.91 Å². The molecule has 1 spiro atoms. The van der Waals surface area contributed by atoms with E-state index < -0.39 is 5.54 Å². The first kappa shape index (κ1) is 8.53. The Hall–Kier alpha value is -1.06. The maximum Gasteiger partial charge on any atom is 0.322 e. The molecule has 4 heteroatoms. The lowest BCUT2D eigenvalue weighted by atomic mass is 9.95. The van der Waals surface area contributed by atoms with Crippen molar-refractivity contribution >= 4 is 11.9 Å². The first-order valence-electron chi connectivity index (χ1n) is 4.80. The molecule has 2 aliphatic rings. The fourth-order valence-electron chi connectivity index (χ4n) is 2.34. The molecule has 0 radical (unpaired) electrons. The largest absolute Gasteiger partial charge is 0.323 e. The molecule has 1 saturated heterocycles. The molecule has 0 aromatic rings. The van der Waals surface area contributed by atoms with Gasteiger partial charge in [-0.15, -0.1) is 0 Å². The molecule has 0 aromatic carbocycles. The average molecular weight is 182 g/mol. The van der Waals surface area contributed by atoms with Gasteiger partial charge in [0.2, 0.25) is 0 Å². The van der Waals surface area contributed by atoms with Gasteiger partial charge >= 0.3 is 6.03 Å². The van der Waals surface area contributed by atoms with E-state index in [0.29, 0.717) is 5.92 Å². The van der Waals surface area contributed by atoms with Crippen molar-refractivity contribution in [1.29, 1.82) is 0 Å². The Labute approximate surface area is 77.1 Å². The Balaban J connectivity index is 2.14. The standard InChI is InChI=1S/C9H14N2O2/c1-2-6-3-4-9(5-6)7(12)10-8(13)11-9/h6H,2-5H2,1H3,(H2,10,11,12,13). The molecule has 2 unspecified atom stereocenters. The number of rotatable bonds is 1. The number of carbonyl (C=O) groups excluding carboxylic acids is 2. The Morgan fingerprint density at radius 2 is 2.31 bits per heavy atom. The van der Waals surface area contributed by atoms with Crippen molar-refractivity contribution < 1.29 is 9.59 Å². The summed E-state index contributed by atoms with van der Waals surface area (Å²) in [5.41, 5.74) is -0.558. The van der Waals surface area contributed by atoms with E-state index >= 15 is 0 Å². The minimum absolute atomic E-state index is 0.131. The third-order valence-electron chi connectivity index (χ3n) is 3.21. The summed E-state index contributed by atoms with van der Waals surface area (Å²) in [6.07, 6.45) is 3.74. The third-order valence-corrected chi connectivity index (χ3v) is 3.21. The molecule has 4 nitrogen and oxygen atoms in total. The minimum atomic E-state index is -0.558. The van der Waals surface area contributed by atoms with Gasteiger partial charge in [0.15, 0.2) is 0 Å². The van der Waals surface area contributed by atoms with Crippen LogP contribution in [0.2, 0.25) is 0 Å². The quantitative estimate of drug-likeness (QED) is 0.588. The van der Waals surface area contributed by atoms with Crippen LogP contribution in [0.5, 0.6) is 0 Å². The van der Waals surface area contributed by atoms with Crippen LogP contribution in [0.1, 0.15) is 32.6 Å². The van der Waals surface area contributed by atoms with E-state index in [1.165, 1.54) is 0 Å². The van der Waals surface area contributed by atoms with Crippen LogP contribution in [0, 0.1) is 5.92 Å². The van der Waals surface area contributed by atoms with Crippen molar-refractivity contribution in [3.05, 3.63) is 0 Å². The Morgan fingerprint density at radius 1 is 1.54 bits per heavy atom. The zero-order valence-corrected chi connectivity index (χ0v) is 7.72. The second-order valence-corrected chi connectivity index (χ2v) is 4.01. The van der Waals surface area contributed by atoms with Gasteiger partial charge in [-0.25, -0.2) is 4.79 Å². The predicted molar refractivity (Wildman–Crippen MR) is 47.0 cm³/mol. The molecule has 2 fully saturated rings. The predicted octanol–water partition coefficient (Wildman–Crippen LogP) is 0.775. The van der Waals surface area contributed by atoms with Crippen molar-refractivity contribution in [3.63, 3.8) is 0 Å². The van der Waals surface area contributed by atoms with Gasteiger partial charge < -0.3 is 5.32 Å². The number of hydrogen-bond donors (Lipinski definition) is 2. The number of urea groups is 1. The lowest BCUT2D eigenvalue weighted by Gasteiger charge is -2.19. The Bertz CT molecular complexity index is 264. The molecule has 1 heterocycles. The lowest BCUT2D eigenvalue weighted by Crippen LogP contribution is -2.44. The summed E-state index contributed by atoms with van der Waals surface area (Å²) >= 11 is 0. The highest BCUT2D eigenvalue weighted by Gasteiger charge is 2.50. The van der Waals surface area contributed by atoms with Crippen LogP contribution in [-0.2, 0) is 4.79 Å². The van der Waals surface area contributed by atoms with Crippen LogP contribution in [0.25, 0.3) is 0 Å². The average Bonchev–Trinajstić information content (AvgIpc) is 2.59. The van der Waals surface area contributed by atoms with Gasteiger partial charge in [0.05, 0.1) is 0 Å². The van der Waals surface area contributed by atoms with Gasteiger partial charge in [-0.05, 0) is 25.2 Å². The summed E-state index contributed by atoms with van der Waals surface area (Å²) in [5, 5.41) is 5.05. The summed E-state index contributed by atoms with van der Waals surface area (Å²) in [6, 6.07) is -0.332. The lowest BCUT2D eigenvalue weighted by molar-refractivity contribution is -0.123. The Kier molecular flexibility index (Phi) is 1.78. The second-order valence-electron chi connectivity index (χ2n) is 4.01. The number of hydrogen-bond acceptors (Lipinski definition) is 2. The molecule has 2 atom stereocenters. The molecular formula is C9H14N2O2. The molecular weight excluding hydrogens is 168 g/mol. The van der Waals surface area contributed by atoms with Crippen molar-refractivity contribution in [3.8, 4) is 0 Å². The van der Waals surface area contributed by atoms with E-state index in [9.17, 15) is 9.59 Å². The van der Waals surface area contributed by atoms with Crippen LogP contribution in [-0.4, -0.2) is 17.5 Å². The molecule has 72 valence electrons. The highest BCUT2D eigenvalue weighted by Crippen LogP contribution is 2.37. The van der Waals surface area contributed by atoms with E-state index in [-0.39, 0.29) is 11.9 Å². The summed E-state index contributed by atoms with van der Waals surface area (Å²) in [5.74, 6) is 0.456. The summed E-state index contributed by atoms with van der Waals surface area (Å²) in [7, 11) is 0. The molecule has 0 aromatic heterocycles. The van der Waals surface area contributed by atoms with Crippen LogP contribution in [0.4, 0.5) is 4.79 Å². The van der Waals surface area contributed by atoms with Crippen molar-refractivity contribution in [2.24, 2.45) is 5.92 Å². The zero-order chi connectivity index (χ0) is 9.47. The zero-order valence-electron chi connectivity index (χ0n) is 7.72. The van der Waals surface area contributed by atoms with E-state index in [0.717, 1.165) is 25.7 Å². The molecule has 2 rings (SSSR count).